The molecule has 1 atom stereocenters. The lowest BCUT2D eigenvalue weighted by atomic mass is 10.3. The first-order chi connectivity index (χ1) is 7.51. The minimum absolute atomic E-state index is 0. The van der Waals surface area contributed by atoms with E-state index in [2.05, 4.69) is 21.2 Å². The van der Waals surface area contributed by atoms with Crippen LogP contribution in [0.15, 0.2) is 4.47 Å². The van der Waals surface area contributed by atoms with Gasteiger partial charge in [-0.05, 0) is 29.8 Å². The lowest BCUT2D eigenvalue weighted by Crippen LogP contribution is -2.37. The second-order valence-electron chi connectivity index (χ2n) is 3.44. The average Bonchev–Trinajstić information content (AvgIpc) is 2.55. The fourth-order valence-corrected chi connectivity index (χ4v) is 2.84. The van der Waals surface area contributed by atoms with E-state index < -0.39 is 0 Å². The molecule has 0 saturated heterocycles. The van der Waals surface area contributed by atoms with E-state index in [9.17, 15) is 4.79 Å². The Morgan fingerprint density at radius 3 is 2.71 bits per heavy atom. The Kier molecular flexibility index (Phi) is 7.08. The predicted molar refractivity (Wildman–Crippen MR) is 76.5 cm³/mol. The van der Waals surface area contributed by atoms with Gasteiger partial charge in [-0.1, -0.05) is 0 Å². The van der Waals surface area contributed by atoms with E-state index in [1.54, 1.807) is 7.11 Å². The van der Waals surface area contributed by atoms with E-state index in [1.807, 2.05) is 13.8 Å². The van der Waals surface area contributed by atoms with Crippen molar-refractivity contribution >= 4 is 45.6 Å². The van der Waals surface area contributed by atoms with E-state index in [-0.39, 0.29) is 24.4 Å². The van der Waals surface area contributed by atoms with Crippen LogP contribution in [0.25, 0.3) is 0 Å². The van der Waals surface area contributed by atoms with Crippen LogP contribution < -0.4 is 15.8 Å². The number of thiophene rings is 1. The molecule has 0 radical (unpaired) electrons. The normalized spacial score (nSPS) is 11.6. The largest absolute Gasteiger partial charge is 0.494 e. The molecule has 0 fully saturated rings. The summed E-state index contributed by atoms with van der Waals surface area (Å²) in [5, 5.41) is 2.81. The Morgan fingerprint density at radius 2 is 2.24 bits per heavy atom. The monoisotopic (exact) mass is 342 g/mol. The molecule has 98 valence electrons. The quantitative estimate of drug-likeness (QED) is 0.882. The number of carbonyl (C=O) groups excluding carboxylic acids is 1. The van der Waals surface area contributed by atoms with E-state index in [0.717, 1.165) is 9.35 Å². The average molecular weight is 344 g/mol. The van der Waals surface area contributed by atoms with Crippen molar-refractivity contribution in [1.29, 1.82) is 0 Å². The number of hydrogen-bond acceptors (Lipinski definition) is 4. The number of ether oxygens (including phenoxy) is 1. The Bertz CT molecular complexity index is 398. The first kappa shape index (κ1) is 16.7. The summed E-state index contributed by atoms with van der Waals surface area (Å²) in [7, 11) is 1.55. The van der Waals surface area contributed by atoms with Gasteiger partial charge in [0.2, 0.25) is 0 Å². The number of rotatable bonds is 4. The van der Waals surface area contributed by atoms with Crippen LogP contribution in [0.3, 0.4) is 0 Å². The third kappa shape index (κ3) is 3.84. The lowest BCUT2D eigenvalue weighted by molar-refractivity contribution is 0.0942. The molecule has 17 heavy (non-hydrogen) atoms. The van der Waals surface area contributed by atoms with Gasteiger partial charge in [-0.2, -0.15) is 0 Å². The molecule has 3 N–H and O–H groups in total. The number of aryl methyl sites for hydroxylation is 1. The standard InChI is InChI=1S/C10H15BrN2O2S.ClH/c1-5(4-12)13-10(14)9-8(15-3)7(11)6(2)16-9;/h5H,4,12H2,1-3H3,(H,13,14);1H/t5-;/m0./s1. The molecule has 0 saturated carbocycles. The second-order valence-corrected chi connectivity index (χ2v) is 5.46. The molecule has 0 spiro atoms. The fourth-order valence-electron chi connectivity index (χ4n) is 1.18. The summed E-state index contributed by atoms with van der Waals surface area (Å²) >= 11 is 4.79. The molecule has 0 aliphatic rings. The molecule has 0 aliphatic carbocycles. The van der Waals surface area contributed by atoms with E-state index in [1.165, 1.54) is 11.3 Å². The topological polar surface area (TPSA) is 64.3 Å². The maximum Gasteiger partial charge on any atom is 0.265 e. The lowest BCUT2D eigenvalue weighted by Gasteiger charge is -2.10. The fraction of sp³-hybridized carbons (Fsp3) is 0.500. The van der Waals surface area contributed by atoms with E-state index >= 15 is 0 Å². The number of halogens is 2. The molecule has 7 heteroatoms. The van der Waals surface area contributed by atoms with Crippen molar-refractivity contribution in [1.82, 2.24) is 5.32 Å². The van der Waals surface area contributed by atoms with Gasteiger partial charge < -0.3 is 15.8 Å². The van der Waals surface area contributed by atoms with Crippen molar-refractivity contribution in [2.75, 3.05) is 13.7 Å². The van der Waals surface area contributed by atoms with Gasteiger partial charge in [0, 0.05) is 17.5 Å². The molecular formula is C10H16BrClN2O2S. The summed E-state index contributed by atoms with van der Waals surface area (Å²) in [6.45, 7) is 4.21. The molecule has 0 unspecified atom stereocenters. The Morgan fingerprint density at radius 1 is 1.65 bits per heavy atom. The zero-order valence-corrected chi connectivity index (χ0v) is 13.1. The zero-order chi connectivity index (χ0) is 12.3. The third-order valence-corrected chi connectivity index (χ3v) is 4.41. The zero-order valence-electron chi connectivity index (χ0n) is 9.87. The molecule has 1 aromatic rings. The molecule has 4 nitrogen and oxygen atoms in total. The van der Waals surface area contributed by atoms with Gasteiger partial charge in [0.05, 0.1) is 11.6 Å². The summed E-state index contributed by atoms with van der Waals surface area (Å²) in [5.74, 6) is 0.442. The highest BCUT2D eigenvalue weighted by Gasteiger charge is 2.21. The summed E-state index contributed by atoms with van der Waals surface area (Å²) in [5.41, 5.74) is 5.45. The van der Waals surface area contributed by atoms with Crippen molar-refractivity contribution in [3.8, 4) is 5.75 Å². The van der Waals surface area contributed by atoms with Gasteiger partial charge in [-0.3, -0.25) is 4.79 Å². The second kappa shape index (κ2) is 7.20. The van der Waals surface area contributed by atoms with Crippen molar-refractivity contribution in [3.63, 3.8) is 0 Å². The Balaban J connectivity index is 0.00000256. The Labute approximate surface area is 119 Å². The van der Waals surface area contributed by atoms with Crippen molar-refractivity contribution in [2.45, 2.75) is 19.9 Å². The molecule has 1 amide bonds. The maximum atomic E-state index is 11.9. The SMILES string of the molecule is COc1c(C(=O)N[C@@H](C)CN)sc(C)c1Br.Cl. The van der Waals surface area contributed by atoms with Crippen LogP contribution in [0, 0.1) is 6.92 Å². The predicted octanol–water partition coefficient (Wildman–Crippen LogP) is 2.33. The summed E-state index contributed by atoms with van der Waals surface area (Å²) in [4.78, 5) is 13.5. The van der Waals surface area contributed by atoms with Crippen LogP contribution in [-0.2, 0) is 0 Å². The molecule has 0 aromatic carbocycles. The number of amides is 1. The maximum absolute atomic E-state index is 11.9. The number of nitrogens with one attached hydrogen (secondary N) is 1. The highest BCUT2D eigenvalue weighted by atomic mass is 79.9. The number of nitrogens with two attached hydrogens (primary N) is 1. The van der Waals surface area contributed by atoms with Crippen LogP contribution >= 0.6 is 39.7 Å². The third-order valence-electron chi connectivity index (χ3n) is 2.11. The summed E-state index contributed by atoms with van der Waals surface area (Å²) in [6, 6.07) is -0.0432. The molecule has 1 aromatic heterocycles. The van der Waals surface area contributed by atoms with Crippen LogP contribution in [0.4, 0.5) is 0 Å². The summed E-state index contributed by atoms with van der Waals surface area (Å²) in [6.07, 6.45) is 0. The van der Waals surface area contributed by atoms with Crippen LogP contribution in [0.2, 0.25) is 0 Å². The van der Waals surface area contributed by atoms with Gasteiger partial charge >= 0.3 is 0 Å². The highest BCUT2D eigenvalue weighted by molar-refractivity contribution is 9.10. The van der Waals surface area contributed by atoms with Crippen LogP contribution in [-0.4, -0.2) is 25.6 Å². The number of hydrogen-bond donors (Lipinski definition) is 2. The minimum atomic E-state index is -0.145. The summed E-state index contributed by atoms with van der Waals surface area (Å²) < 4.78 is 6.04. The van der Waals surface area contributed by atoms with Gasteiger partial charge in [0.15, 0.2) is 5.75 Å². The van der Waals surface area contributed by atoms with Crippen LogP contribution in [0.5, 0.6) is 5.75 Å². The van der Waals surface area contributed by atoms with Crippen molar-refractivity contribution in [3.05, 3.63) is 14.2 Å². The van der Waals surface area contributed by atoms with Gasteiger partial charge in [-0.15, -0.1) is 23.7 Å². The van der Waals surface area contributed by atoms with Crippen molar-refractivity contribution < 1.29 is 9.53 Å². The van der Waals surface area contributed by atoms with Crippen LogP contribution in [0.1, 0.15) is 21.5 Å². The van der Waals surface area contributed by atoms with Gasteiger partial charge in [0.1, 0.15) is 4.88 Å². The molecule has 1 rings (SSSR count). The van der Waals surface area contributed by atoms with Gasteiger partial charge in [-0.25, -0.2) is 0 Å². The minimum Gasteiger partial charge on any atom is -0.494 e. The number of methoxy groups -OCH3 is 1. The molecule has 0 aliphatic heterocycles. The number of carbonyl (C=O) groups is 1. The first-order valence-electron chi connectivity index (χ1n) is 4.85. The van der Waals surface area contributed by atoms with Gasteiger partial charge in [0.25, 0.3) is 5.91 Å². The first-order valence-corrected chi connectivity index (χ1v) is 6.46. The molecule has 1 heterocycles. The smallest absolute Gasteiger partial charge is 0.265 e. The van der Waals surface area contributed by atoms with E-state index in [4.69, 9.17) is 10.5 Å². The highest BCUT2D eigenvalue weighted by Crippen LogP contribution is 2.38. The molecular weight excluding hydrogens is 328 g/mol. The van der Waals surface area contributed by atoms with Crippen molar-refractivity contribution in [2.24, 2.45) is 5.73 Å². The van der Waals surface area contributed by atoms with E-state index in [0.29, 0.717) is 17.2 Å². The Hall–Kier alpha value is -0.300. The molecule has 0 bridgehead atoms.